The normalized spacial score (nSPS) is 16.9. The lowest BCUT2D eigenvalue weighted by Gasteiger charge is -2.22. The topological polar surface area (TPSA) is 52.8 Å². The van der Waals surface area contributed by atoms with Crippen molar-refractivity contribution in [2.24, 2.45) is 0 Å². The summed E-state index contributed by atoms with van der Waals surface area (Å²) in [4.78, 5) is 8.47. The minimum Gasteiger partial charge on any atom is -0.381 e. The Bertz CT molecular complexity index is 618. The molecule has 0 unspecified atom stereocenters. The van der Waals surface area contributed by atoms with Gasteiger partial charge in [0.05, 0.1) is 0 Å². The third-order valence-electron chi connectivity index (χ3n) is 3.57. The van der Waals surface area contributed by atoms with E-state index in [-0.39, 0.29) is 5.92 Å². The van der Waals surface area contributed by atoms with Gasteiger partial charge in [-0.25, -0.2) is 18.4 Å². The third kappa shape index (κ3) is 3.47. The Morgan fingerprint density at radius 1 is 1.41 bits per heavy atom. The van der Waals surface area contributed by atoms with Crippen LogP contribution in [0, 0.1) is 6.07 Å². The van der Waals surface area contributed by atoms with Crippen LogP contribution in [0.5, 0.6) is 0 Å². The zero-order chi connectivity index (χ0) is 15.6. The van der Waals surface area contributed by atoms with E-state index in [2.05, 4.69) is 21.1 Å². The summed E-state index contributed by atoms with van der Waals surface area (Å²) in [7, 11) is 0. The minimum atomic E-state index is -2.84. The van der Waals surface area contributed by atoms with Crippen LogP contribution < -0.4 is 0 Å². The van der Waals surface area contributed by atoms with E-state index in [1.165, 1.54) is 10.9 Å². The molecule has 0 aliphatic carbocycles. The summed E-state index contributed by atoms with van der Waals surface area (Å²) in [6.07, 6.45) is 4.67. The van der Waals surface area contributed by atoms with Crippen LogP contribution in [0.4, 0.5) is 8.78 Å². The van der Waals surface area contributed by atoms with Crippen molar-refractivity contribution < 1.29 is 13.5 Å². The standard InChI is InChI=1S/C15H17F2N4O/c1-15(16,17)10-21-14(11-4-7-22-8-5-11)19-13(20-21)12-3-2-6-18-9-12/h3,6,9,11H,4-5,7-8,10H2,1H3. The molecule has 0 aromatic carbocycles. The largest absolute Gasteiger partial charge is 0.381 e. The molecule has 1 aliphatic rings. The number of pyridine rings is 1. The van der Waals surface area contributed by atoms with Crippen LogP contribution >= 0.6 is 0 Å². The smallest absolute Gasteiger partial charge is 0.264 e. The molecule has 1 saturated heterocycles. The molecule has 0 atom stereocenters. The molecule has 7 heteroatoms. The summed E-state index contributed by atoms with van der Waals surface area (Å²) in [5.41, 5.74) is 0.675. The predicted octanol–water partition coefficient (Wildman–Crippen LogP) is 2.69. The lowest BCUT2D eigenvalue weighted by molar-refractivity contribution is -0.00144. The van der Waals surface area contributed by atoms with E-state index in [4.69, 9.17) is 4.74 Å². The summed E-state index contributed by atoms with van der Waals surface area (Å²) in [5.74, 6) is -1.73. The van der Waals surface area contributed by atoms with Crippen molar-refractivity contribution in [3.8, 4) is 11.4 Å². The number of rotatable bonds is 4. The van der Waals surface area contributed by atoms with Crippen LogP contribution in [0.15, 0.2) is 18.5 Å². The maximum Gasteiger partial charge on any atom is 0.264 e. The zero-order valence-corrected chi connectivity index (χ0v) is 12.3. The van der Waals surface area contributed by atoms with Crippen molar-refractivity contribution in [2.75, 3.05) is 13.2 Å². The van der Waals surface area contributed by atoms with Gasteiger partial charge in [-0.1, -0.05) is 0 Å². The van der Waals surface area contributed by atoms with Crippen molar-refractivity contribution in [2.45, 2.75) is 38.2 Å². The molecule has 2 aromatic heterocycles. The quantitative estimate of drug-likeness (QED) is 0.871. The molecular formula is C15H17F2N4O. The third-order valence-corrected chi connectivity index (χ3v) is 3.57. The molecule has 3 heterocycles. The van der Waals surface area contributed by atoms with Gasteiger partial charge in [0, 0.05) is 50.1 Å². The Kier molecular flexibility index (Phi) is 4.15. The second-order valence-corrected chi connectivity index (χ2v) is 5.58. The number of hydrogen-bond donors (Lipinski definition) is 0. The molecule has 0 N–H and O–H groups in total. The summed E-state index contributed by atoms with van der Waals surface area (Å²) in [6, 6.07) is 4.55. The highest BCUT2D eigenvalue weighted by Crippen LogP contribution is 2.29. The van der Waals surface area contributed by atoms with Gasteiger partial charge in [-0.15, -0.1) is 0 Å². The molecule has 0 amide bonds. The molecule has 1 fully saturated rings. The van der Waals surface area contributed by atoms with E-state index in [0.29, 0.717) is 30.4 Å². The van der Waals surface area contributed by atoms with Crippen molar-refractivity contribution >= 4 is 0 Å². The number of halogens is 2. The molecule has 1 radical (unpaired) electrons. The Labute approximate surface area is 127 Å². The molecule has 1 aliphatic heterocycles. The highest BCUT2D eigenvalue weighted by molar-refractivity contribution is 5.52. The monoisotopic (exact) mass is 307 g/mol. The molecule has 2 aromatic rings. The second-order valence-electron chi connectivity index (χ2n) is 5.58. The lowest BCUT2D eigenvalue weighted by Crippen LogP contribution is -2.25. The maximum atomic E-state index is 13.4. The Balaban J connectivity index is 1.96. The average Bonchev–Trinajstić information content (AvgIpc) is 2.91. The highest BCUT2D eigenvalue weighted by atomic mass is 19.3. The number of nitrogens with zero attached hydrogens (tertiary/aromatic N) is 4. The van der Waals surface area contributed by atoms with Gasteiger partial charge in [0.15, 0.2) is 5.82 Å². The van der Waals surface area contributed by atoms with Crippen molar-refractivity contribution in [1.29, 1.82) is 0 Å². The minimum absolute atomic E-state index is 0.0954. The van der Waals surface area contributed by atoms with E-state index in [0.717, 1.165) is 19.8 Å². The molecule has 5 nitrogen and oxygen atoms in total. The summed E-state index contributed by atoms with van der Waals surface area (Å²) in [5, 5.41) is 4.27. The Hall–Kier alpha value is -1.89. The SMILES string of the molecule is CC(F)(F)Cn1nc(-c2c[c]cnc2)nc1C1CCOCC1. The maximum absolute atomic E-state index is 13.4. The van der Waals surface area contributed by atoms with Gasteiger partial charge >= 0.3 is 0 Å². The van der Waals surface area contributed by atoms with Crippen molar-refractivity contribution in [3.05, 3.63) is 30.4 Å². The molecule has 0 saturated carbocycles. The highest BCUT2D eigenvalue weighted by Gasteiger charge is 2.29. The van der Waals surface area contributed by atoms with Gasteiger partial charge in [0.1, 0.15) is 12.4 Å². The van der Waals surface area contributed by atoms with Crippen molar-refractivity contribution in [1.82, 2.24) is 19.7 Å². The first-order valence-electron chi connectivity index (χ1n) is 7.25. The summed E-state index contributed by atoms with van der Waals surface area (Å²) >= 11 is 0. The number of ether oxygens (including phenoxy) is 1. The zero-order valence-electron chi connectivity index (χ0n) is 12.3. The average molecular weight is 307 g/mol. The fourth-order valence-corrected chi connectivity index (χ4v) is 2.56. The lowest BCUT2D eigenvalue weighted by atomic mass is 9.99. The number of aromatic nitrogens is 4. The first-order valence-corrected chi connectivity index (χ1v) is 7.25. The van der Waals surface area contributed by atoms with Gasteiger partial charge in [-0.05, 0) is 18.9 Å². The Morgan fingerprint density at radius 3 is 2.82 bits per heavy atom. The second kappa shape index (κ2) is 6.08. The van der Waals surface area contributed by atoms with E-state index in [1.807, 2.05) is 0 Å². The van der Waals surface area contributed by atoms with Crippen LogP contribution in [0.2, 0.25) is 0 Å². The summed E-state index contributed by atoms with van der Waals surface area (Å²) in [6.45, 7) is 1.66. The molecule has 22 heavy (non-hydrogen) atoms. The van der Waals surface area contributed by atoms with Gasteiger partial charge in [-0.3, -0.25) is 4.98 Å². The van der Waals surface area contributed by atoms with Crippen LogP contribution in [0.1, 0.15) is 31.5 Å². The molecule has 3 rings (SSSR count). The number of alkyl halides is 2. The molecule has 117 valence electrons. The fraction of sp³-hybridized carbons (Fsp3) is 0.533. The van der Waals surface area contributed by atoms with Crippen LogP contribution in [0.25, 0.3) is 11.4 Å². The van der Waals surface area contributed by atoms with E-state index in [9.17, 15) is 8.78 Å². The fourth-order valence-electron chi connectivity index (χ4n) is 2.56. The Morgan fingerprint density at radius 2 is 2.18 bits per heavy atom. The predicted molar refractivity (Wildman–Crippen MR) is 75.5 cm³/mol. The van der Waals surface area contributed by atoms with Gasteiger partial charge < -0.3 is 4.74 Å². The van der Waals surface area contributed by atoms with Gasteiger partial charge in [0.25, 0.3) is 5.92 Å². The van der Waals surface area contributed by atoms with Crippen molar-refractivity contribution in [3.63, 3.8) is 0 Å². The number of hydrogen-bond acceptors (Lipinski definition) is 4. The van der Waals surface area contributed by atoms with Gasteiger partial charge in [0.2, 0.25) is 0 Å². The van der Waals surface area contributed by atoms with Crippen LogP contribution in [-0.2, 0) is 11.3 Å². The molecule has 0 spiro atoms. The van der Waals surface area contributed by atoms with E-state index >= 15 is 0 Å². The van der Waals surface area contributed by atoms with E-state index in [1.54, 1.807) is 12.3 Å². The van der Waals surface area contributed by atoms with Gasteiger partial charge in [-0.2, -0.15) is 5.10 Å². The summed E-state index contributed by atoms with van der Waals surface area (Å²) < 4.78 is 33.5. The molecular weight excluding hydrogens is 290 g/mol. The molecule has 0 bridgehead atoms. The first kappa shape index (κ1) is 15.0. The first-order chi connectivity index (χ1) is 10.5. The van der Waals surface area contributed by atoms with E-state index < -0.39 is 12.5 Å². The van der Waals surface area contributed by atoms with Crippen LogP contribution in [-0.4, -0.2) is 38.9 Å². The van der Waals surface area contributed by atoms with Crippen LogP contribution in [0.3, 0.4) is 0 Å².